The van der Waals surface area contributed by atoms with Gasteiger partial charge in [-0.15, -0.1) is 0 Å². The maximum atomic E-state index is 13.0. The van der Waals surface area contributed by atoms with Crippen molar-refractivity contribution in [3.63, 3.8) is 0 Å². The van der Waals surface area contributed by atoms with E-state index in [1.54, 1.807) is 19.1 Å². The lowest BCUT2D eigenvalue weighted by Gasteiger charge is -2.53. The van der Waals surface area contributed by atoms with E-state index in [0.717, 1.165) is 12.8 Å². The number of hydrogen-bond acceptors (Lipinski definition) is 2. The summed E-state index contributed by atoms with van der Waals surface area (Å²) in [5.41, 5.74) is -1.11. The first-order valence-corrected chi connectivity index (χ1v) is 8.17. The number of unbranched alkanes of at least 4 members (excludes halogenated alkanes) is 1. The van der Waals surface area contributed by atoms with Crippen molar-refractivity contribution in [2.45, 2.75) is 58.2 Å². The Kier molecular flexibility index (Phi) is 4.73. The number of halogens is 1. The zero-order valence-corrected chi connectivity index (χ0v) is 14.5. The Bertz CT molecular complexity index is 557. The molecule has 5 heteroatoms. The fraction of sp³-hybridized carbons (Fsp3) is 0.588. The summed E-state index contributed by atoms with van der Waals surface area (Å²) in [6.07, 6.45) is 2.41. The molecule has 2 amide bonds. The Morgan fingerprint density at radius 3 is 2.50 bits per heavy atom. The van der Waals surface area contributed by atoms with Crippen molar-refractivity contribution in [3.05, 3.63) is 29.3 Å². The van der Waals surface area contributed by atoms with E-state index in [2.05, 4.69) is 6.92 Å². The average molecular weight is 325 g/mol. The third-order valence-corrected chi connectivity index (χ3v) is 4.55. The lowest BCUT2D eigenvalue weighted by molar-refractivity contribution is -0.0255. The SMILES string of the molecule is CCCCN1C(=O)N(c2ccccc2Cl)[C@](C)(O)CC1(C)C. The number of hydrogen-bond donors (Lipinski definition) is 1. The van der Waals surface area contributed by atoms with E-state index in [1.165, 1.54) is 4.90 Å². The Hall–Kier alpha value is -1.26. The van der Waals surface area contributed by atoms with Gasteiger partial charge in [-0.3, -0.25) is 4.90 Å². The Morgan fingerprint density at radius 2 is 1.91 bits per heavy atom. The number of para-hydroxylation sites is 1. The van der Waals surface area contributed by atoms with Gasteiger partial charge in [0.2, 0.25) is 0 Å². The maximum absolute atomic E-state index is 13.0. The summed E-state index contributed by atoms with van der Waals surface area (Å²) in [6, 6.07) is 6.94. The van der Waals surface area contributed by atoms with Gasteiger partial charge in [0, 0.05) is 18.5 Å². The summed E-state index contributed by atoms with van der Waals surface area (Å²) < 4.78 is 0. The maximum Gasteiger partial charge on any atom is 0.327 e. The minimum atomic E-state index is -1.27. The van der Waals surface area contributed by atoms with E-state index in [0.29, 0.717) is 23.7 Å². The molecule has 0 bridgehead atoms. The van der Waals surface area contributed by atoms with Crippen LogP contribution in [-0.4, -0.2) is 33.8 Å². The van der Waals surface area contributed by atoms with Gasteiger partial charge >= 0.3 is 6.03 Å². The second-order valence-corrected chi connectivity index (χ2v) is 7.19. The summed E-state index contributed by atoms with van der Waals surface area (Å²) in [7, 11) is 0. The molecule has 1 aromatic rings. The van der Waals surface area contributed by atoms with Crippen LogP contribution >= 0.6 is 11.6 Å². The van der Waals surface area contributed by atoms with Crippen molar-refractivity contribution in [3.8, 4) is 0 Å². The first kappa shape index (κ1) is 17.1. The van der Waals surface area contributed by atoms with Gasteiger partial charge in [-0.25, -0.2) is 4.79 Å². The number of anilines is 1. The molecule has 0 radical (unpaired) electrons. The molecule has 0 aliphatic carbocycles. The molecular weight excluding hydrogens is 300 g/mol. The van der Waals surface area contributed by atoms with Gasteiger partial charge in [0.25, 0.3) is 0 Å². The van der Waals surface area contributed by atoms with Crippen LogP contribution in [-0.2, 0) is 0 Å². The summed E-state index contributed by atoms with van der Waals surface area (Å²) in [5.74, 6) is 0. The second kappa shape index (κ2) is 6.09. The Morgan fingerprint density at radius 1 is 1.27 bits per heavy atom. The number of nitrogens with zero attached hydrogens (tertiary/aromatic N) is 2. The summed E-state index contributed by atoms with van der Waals surface area (Å²) in [4.78, 5) is 16.3. The zero-order valence-electron chi connectivity index (χ0n) is 13.8. The van der Waals surface area contributed by atoms with Crippen LogP contribution in [0.25, 0.3) is 0 Å². The standard InChI is InChI=1S/C17H25ClN2O2/c1-5-6-11-19-15(21)20(14-10-8-7-9-13(14)18)17(4,22)12-16(19,2)3/h7-10,22H,5-6,11-12H2,1-4H3/t17-/m1/s1. The van der Waals surface area contributed by atoms with Gasteiger partial charge in [0.1, 0.15) is 5.72 Å². The van der Waals surface area contributed by atoms with E-state index in [9.17, 15) is 9.90 Å². The van der Waals surface area contributed by atoms with Crippen LogP contribution in [0.5, 0.6) is 0 Å². The van der Waals surface area contributed by atoms with Gasteiger partial charge in [0.15, 0.2) is 0 Å². The van der Waals surface area contributed by atoms with Crippen LogP contribution in [0.15, 0.2) is 24.3 Å². The van der Waals surface area contributed by atoms with Crippen molar-refractivity contribution in [1.29, 1.82) is 0 Å². The van der Waals surface area contributed by atoms with Crippen molar-refractivity contribution in [2.75, 3.05) is 11.4 Å². The predicted molar refractivity (Wildman–Crippen MR) is 90.3 cm³/mol. The number of rotatable bonds is 4. The molecule has 4 nitrogen and oxygen atoms in total. The van der Waals surface area contributed by atoms with E-state index < -0.39 is 11.3 Å². The highest BCUT2D eigenvalue weighted by Crippen LogP contribution is 2.41. The average Bonchev–Trinajstić information content (AvgIpc) is 2.38. The summed E-state index contributed by atoms with van der Waals surface area (Å²) in [5, 5.41) is 11.3. The van der Waals surface area contributed by atoms with Gasteiger partial charge in [0.05, 0.1) is 10.7 Å². The molecule has 2 rings (SSSR count). The fourth-order valence-electron chi connectivity index (χ4n) is 3.29. The van der Waals surface area contributed by atoms with Gasteiger partial charge in [-0.2, -0.15) is 0 Å². The van der Waals surface area contributed by atoms with Crippen LogP contribution in [0.4, 0.5) is 10.5 Å². The molecule has 1 N–H and O–H groups in total. The van der Waals surface area contributed by atoms with E-state index >= 15 is 0 Å². The number of urea groups is 1. The molecule has 122 valence electrons. The van der Waals surface area contributed by atoms with Gasteiger partial charge in [-0.05, 0) is 39.3 Å². The predicted octanol–water partition coefficient (Wildman–Crippen LogP) is 4.26. The number of amides is 2. The van der Waals surface area contributed by atoms with Crippen LogP contribution in [0, 0.1) is 0 Å². The topological polar surface area (TPSA) is 43.8 Å². The molecule has 0 spiro atoms. The molecule has 1 atom stereocenters. The molecule has 1 aromatic carbocycles. The number of aliphatic hydroxyl groups is 1. The smallest absolute Gasteiger partial charge is 0.327 e. The highest BCUT2D eigenvalue weighted by Gasteiger charge is 2.50. The Labute approximate surface area is 137 Å². The third-order valence-electron chi connectivity index (χ3n) is 4.23. The number of benzene rings is 1. The monoisotopic (exact) mass is 324 g/mol. The zero-order chi connectivity index (χ0) is 16.5. The molecule has 0 saturated carbocycles. The second-order valence-electron chi connectivity index (χ2n) is 6.78. The summed E-state index contributed by atoms with van der Waals surface area (Å²) in [6.45, 7) is 8.45. The van der Waals surface area contributed by atoms with Gasteiger partial charge < -0.3 is 10.0 Å². The lowest BCUT2D eigenvalue weighted by Crippen LogP contribution is -2.68. The lowest BCUT2D eigenvalue weighted by atomic mass is 9.87. The minimum absolute atomic E-state index is 0.192. The summed E-state index contributed by atoms with van der Waals surface area (Å²) >= 11 is 6.25. The van der Waals surface area contributed by atoms with Crippen molar-refractivity contribution >= 4 is 23.3 Å². The molecule has 1 aliphatic rings. The first-order chi connectivity index (χ1) is 10.2. The van der Waals surface area contributed by atoms with Crippen LogP contribution in [0.2, 0.25) is 5.02 Å². The molecule has 1 heterocycles. The van der Waals surface area contributed by atoms with Crippen molar-refractivity contribution in [1.82, 2.24) is 4.90 Å². The van der Waals surface area contributed by atoms with Gasteiger partial charge in [-0.1, -0.05) is 37.1 Å². The van der Waals surface area contributed by atoms with E-state index in [-0.39, 0.29) is 6.03 Å². The van der Waals surface area contributed by atoms with Crippen LogP contribution in [0.1, 0.15) is 47.0 Å². The normalized spacial score (nSPS) is 24.7. The number of carbonyl (C=O) groups is 1. The van der Waals surface area contributed by atoms with Crippen LogP contribution < -0.4 is 4.90 Å². The van der Waals surface area contributed by atoms with Crippen molar-refractivity contribution < 1.29 is 9.90 Å². The first-order valence-electron chi connectivity index (χ1n) is 7.79. The van der Waals surface area contributed by atoms with Crippen LogP contribution in [0.3, 0.4) is 0 Å². The Balaban J connectivity index is 2.44. The molecule has 22 heavy (non-hydrogen) atoms. The van der Waals surface area contributed by atoms with E-state index in [1.807, 2.05) is 30.9 Å². The molecule has 1 aliphatic heterocycles. The number of carbonyl (C=O) groups excluding carboxylic acids is 1. The largest absolute Gasteiger partial charge is 0.371 e. The minimum Gasteiger partial charge on any atom is -0.371 e. The third kappa shape index (κ3) is 3.08. The highest BCUT2D eigenvalue weighted by molar-refractivity contribution is 6.33. The molecular formula is C17H25ClN2O2. The molecule has 1 saturated heterocycles. The quantitative estimate of drug-likeness (QED) is 0.899. The molecule has 0 aromatic heterocycles. The molecule has 1 fully saturated rings. The highest BCUT2D eigenvalue weighted by atomic mass is 35.5. The van der Waals surface area contributed by atoms with E-state index in [4.69, 9.17) is 11.6 Å². The van der Waals surface area contributed by atoms with Crippen molar-refractivity contribution in [2.24, 2.45) is 0 Å². The fourth-order valence-corrected chi connectivity index (χ4v) is 3.51. The molecule has 0 unspecified atom stereocenters.